The predicted octanol–water partition coefficient (Wildman–Crippen LogP) is 3.22. The molecular formula is C12H25N2OP. The lowest BCUT2D eigenvalue weighted by atomic mass is 9.91. The highest BCUT2D eigenvalue weighted by Gasteiger charge is 2.45. The predicted molar refractivity (Wildman–Crippen MR) is 69.3 cm³/mol. The molecule has 1 aliphatic heterocycles. The highest BCUT2D eigenvalue weighted by atomic mass is 31.2. The van der Waals surface area contributed by atoms with Crippen molar-refractivity contribution in [3.63, 3.8) is 0 Å². The van der Waals surface area contributed by atoms with Crippen LogP contribution in [-0.2, 0) is 4.52 Å². The molecule has 1 aliphatic carbocycles. The molecule has 0 aromatic heterocycles. The molecule has 3 atom stereocenters. The highest BCUT2D eigenvalue weighted by molar-refractivity contribution is 7.47. The van der Waals surface area contributed by atoms with Crippen molar-refractivity contribution in [2.75, 3.05) is 14.1 Å². The summed E-state index contributed by atoms with van der Waals surface area (Å²) in [4.78, 5) is 0. The molecule has 0 aromatic rings. The van der Waals surface area contributed by atoms with Crippen molar-refractivity contribution >= 4 is 8.45 Å². The van der Waals surface area contributed by atoms with E-state index in [4.69, 9.17) is 4.52 Å². The van der Waals surface area contributed by atoms with Crippen LogP contribution in [0.15, 0.2) is 0 Å². The highest BCUT2D eigenvalue weighted by Crippen LogP contribution is 2.56. The van der Waals surface area contributed by atoms with Gasteiger partial charge in [-0.1, -0.05) is 19.8 Å². The Hall–Kier alpha value is 0.310. The zero-order valence-corrected chi connectivity index (χ0v) is 11.9. The second kappa shape index (κ2) is 5.30. The summed E-state index contributed by atoms with van der Waals surface area (Å²) in [6, 6.07) is 1.49. The smallest absolute Gasteiger partial charge is 0.188 e. The first kappa shape index (κ1) is 12.8. The fraction of sp³-hybridized carbons (Fsp3) is 1.00. The zero-order chi connectivity index (χ0) is 11.7. The van der Waals surface area contributed by atoms with Gasteiger partial charge < -0.3 is 4.52 Å². The van der Waals surface area contributed by atoms with Gasteiger partial charge in [0.15, 0.2) is 8.45 Å². The molecule has 1 saturated heterocycles. The molecule has 0 N–H and O–H groups in total. The van der Waals surface area contributed by atoms with E-state index in [-0.39, 0.29) is 0 Å². The summed E-state index contributed by atoms with van der Waals surface area (Å²) >= 11 is 0. The third-order valence-corrected chi connectivity index (χ3v) is 6.26. The first-order chi connectivity index (χ1) is 7.65. The summed E-state index contributed by atoms with van der Waals surface area (Å²) in [5, 5.41) is 0. The summed E-state index contributed by atoms with van der Waals surface area (Å²) in [5.74, 6) is 0. The van der Waals surface area contributed by atoms with Gasteiger partial charge in [-0.2, -0.15) is 0 Å². The largest absolute Gasteiger partial charge is 0.328 e. The van der Waals surface area contributed by atoms with Crippen LogP contribution in [0.5, 0.6) is 0 Å². The van der Waals surface area contributed by atoms with Gasteiger partial charge >= 0.3 is 0 Å². The number of fused-ring (bicyclic) bond motifs is 1. The molecular weight excluding hydrogens is 219 g/mol. The van der Waals surface area contributed by atoms with Crippen LogP contribution < -0.4 is 0 Å². The number of hydrogen-bond acceptors (Lipinski definition) is 3. The van der Waals surface area contributed by atoms with Crippen molar-refractivity contribution in [2.45, 2.75) is 64.1 Å². The van der Waals surface area contributed by atoms with Gasteiger partial charge in [-0.25, -0.2) is 9.34 Å². The molecule has 0 spiro atoms. The van der Waals surface area contributed by atoms with Gasteiger partial charge in [0.05, 0.1) is 6.10 Å². The van der Waals surface area contributed by atoms with Gasteiger partial charge in [0.1, 0.15) is 0 Å². The van der Waals surface area contributed by atoms with E-state index in [1.165, 1.54) is 25.7 Å². The number of likely N-dealkylation sites (N-methyl/N-ethyl adjacent to an activating group) is 2. The van der Waals surface area contributed by atoms with E-state index in [0.717, 1.165) is 18.5 Å². The van der Waals surface area contributed by atoms with Crippen LogP contribution in [0.1, 0.15) is 46.0 Å². The second-order valence-electron chi connectivity index (χ2n) is 5.14. The summed E-state index contributed by atoms with van der Waals surface area (Å²) in [5.41, 5.74) is 0. The Kier molecular flexibility index (Phi) is 4.23. The SMILES string of the molecule is CC[C@@H](C)OP1N(C)[C@@H]2CCCC[C@H]2N1C. The van der Waals surface area contributed by atoms with Crippen LogP contribution in [0, 0.1) is 0 Å². The van der Waals surface area contributed by atoms with Crippen LogP contribution in [-0.4, -0.2) is 41.6 Å². The maximum Gasteiger partial charge on any atom is 0.188 e. The van der Waals surface area contributed by atoms with Crippen LogP contribution >= 0.6 is 8.45 Å². The van der Waals surface area contributed by atoms with Crippen molar-refractivity contribution < 1.29 is 4.52 Å². The van der Waals surface area contributed by atoms with Crippen LogP contribution in [0.25, 0.3) is 0 Å². The van der Waals surface area contributed by atoms with Crippen molar-refractivity contribution in [3.05, 3.63) is 0 Å². The van der Waals surface area contributed by atoms with Gasteiger partial charge in [0.2, 0.25) is 0 Å². The second-order valence-corrected chi connectivity index (χ2v) is 7.12. The standard InChI is InChI=1S/C12H25N2OP/c1-5-10(2)15-16-13(3)11-8-6-7-9-12(11)14(16)4/h10-12H,5-9H2,1-4H3/t10-,11-,12-/m1/s1. The minimum atomic E-state index is -0.496. The van der Waals surface area contributed by atoms with Crippen molar-refractivity contribution in [3.8, 4) is 0 Å². The minimum absolute atomic E-state index is 0.385. The molecule has 1 saturated carbocycles. The minimum Gasteiger partial charge on any atom is -0.328 e. The average molecular weight is 244 g/mol. The van der Waals surface area contributed by atoms with E-state index in [9.17, 15) is 0 Å². The summed E-state index contributed by atoms with van der Waals surface area (Å²) in [7, 11) is 4.00. The Morgan fingerprint density at radius 2 is 1.69 bits per heavy atom. The molecule has 16 heavy (non-hydrogen) atoms. The molecule has 94 valence electrons. The Bertz CT molecular complexity index is 221. The van der Waals surface area contributed by atoms with Crippen LogP contribution in [0.2, 0.25) is 0 Å². The molecule has 2 fully saturated rings. The van der Waals surface area contributed by atoms with E-state index in [0.29, 0.717) is 6.10 Å². The third kappa shape index (κ3) is 2.28. The zero-order valence-electron chi connectivity index (χ0n) is 11.0. The lowest BCUT2D eigenvalue weighted by Gasteiger charge is -2.28. The lowest BCUT2D eigenvalue weighted by molar-refractivity contribution is 0.214. The van der Waals surface area contributed by atoms with Crippen LogP contribution in [0.4, 0.5) is 0 Å². The number of hydrogen-bond donors (Lipinski definition) is 0. The van der Waals surface area contributed by atoms with Gasteiger partial charge in [-0.15, -0.1) is 0 Å². The van der Waals surface area contributed by atoms with E-state index >= 15 is 0 Å². The maximum atomic E-state index is 6.19. The molecule has 2 aliphatic rings. The molecule has 4 heteroatoms. The van der Waals surface area contributed by atoms with E-state index < -0.39 is 8.45 Å². The summed E-state index contributed by atoms with van der Waals surface area (Å²) < 4.78 is 11.2. The van der Waals surface area contributed by atoms with Gasteiger partial charge in [0.25, 0.3) is 0 Å². The van der Waals surface area contributed by atoms with Gasteiger partial charge in [0, 0.05) is 12.1 Å². The van der Waals surface area contributed by atoms with Gasteiger partial charge in [-0.05, 0) is 40.3 Å². The third-order valence-electron chi connectivity index (χ3n) is 4.04. The van der Waals surface area contributed by atoms with E-state index in [1.807, 2.05) is 0 Å². The topological polar surface area (TPSA) is 15.7 Å². The molecule has 0 radical (unpaired) electrons. The van der Waals surface area contributed by atoms with Crippen molar-refractivity contribution in [1.29, 1.82) is 0 Å². The first-order valence-electron chi connectivity index (χ1n) is 6.57. The monoisotopic (exact) mass is 244 g/mol. The quantitative estimate of drug-likeness (QED) is 0.709. The molecule has 0 aromatic carbocycles. The fourth-order valence-electron chi connectivity index (χ4n) is 2.82. The van der Waals surface area contributed by atoms with Crippen LogP contribution in [0.3, 0.4) is 0 Å². The Morgan fingerprint density at radius 3 is 2.12 bits per heavy atom. The Labute approximate surface area is 101 Å². The van der Waals surface area contributed by atoms with E-state index in [2.05, 4.69) is 37.3 Å². The normalized spacial score (nSPS) is 35.2. The molecule has 2 rings (SSSR count). The first-order valence-corrected chi connectivity index (χ1v) is 7.74. The maximum absolute atomic E-state index is 6.19. The molecule has 0 unspecified atom stereocenters. The molecule has 0 bridgehead atoms. The fourth-order valence-corrected chi connectivity index (χ4v) is 5.08. The summed E-state index contributed by atoms with van der Waals surface area (Å²) in [6.45, 7) is 4.38. The van der Waals surface area contributed by atoms with E-state index in [1.54, 1.807) is 0 Å². The Balaban J connectivity index is 2.03. The van der Waals surface area contributed by atoms with Gasteiger partial charge in [-0.3, -0.25) is 0 Å². The molecule has 0 amide bonds. The average Bonchev–Trinajstić information content (AvgIpc) is 2.55. The lowest BCUT2D eigenvalue weighted by Crippen LogP contribution is -2.37. The summed E-state index contributed by atoms with van der Waals surface area (Å²) in [6.07, 6.45) is 6.99. The number of nitrogens with zero attached hydrogens (tertiary/aromatic N) is 2. The number of rotatable bonds is 3. The Morgan fingerprint density at radius 1 is 1.19 bits per heavy atom. The molecule has 1 heterocycles. The van der Waals surface area contributed by atoms with Crippen molar-refractivity contribution in [1.82, 2.24) is 9.34 Å². The van der Waals surface area contributed by atoms with Crippen molar-refractivity contribution in [2.24, 2.45) is 0 Å². The molecule has 3 nitrogen and oxygen atoms in total.